The van der Waals surface area contributed by atoms with Crippen LogP contribution in [0.25, 0.3) is 22.4 Å². The molecular weight excluding hydrogens is 458 g/mol. The average Bonchev–Trinajstić information content (AvgIpc) is 3.46. The standard InChI is InChI=1S/C24H31N5O2S.ClH/c1-14-17(10-25)20-22(31-23(27-20)24(3,4)13-30-7)21(19(14)18-12-32-15(2)26-18)29-9-8-16(11-29)28(5)6;/h12,16H,8-9,11,13H2,1-7H3;1H/t16-;/m0./s1. The molecule has 178 valence electrons. The molecule has 1 aliphatic heterocycles. The Balaban J connectivity index is 0.00000306. The first kappa shape index (κ1) is 25.4. The van der Waals surface area contributed by atoms with Crippen LogP contribution in [0.2, 0.25) is 0 Å². The number of aromatic nitrogens is 2. The summed E-state index contributed by atoms with van der Waals surface area (Å²) in [5.74, 6) is 0.585. The predicted molar refractivity (Wildman–Crippen MR) is 136 cm³/mol. The fraction of sp³-hybridized carbons (Fsp3) is 0.542. The number of nitriles is 1. The number of nitrogens with zero attached hydrogens (tertiary/aromatic N) is 5. The smallest absolute Gasteiger partial charge is 0.203 e. The Kier molecular flexibility index (Phi) is 7.39. The average molecular weight is 490 g/mol. The number of methoxy groups -OCH3 is 1. The minimum atomic E-state index is -0.416. The highest BCUT2D eigenvalue weighted by molar-refractivity contribution is 7.09. The van der Waals surface area contributed by atoms with Crippen LogP contribution >= 0.6 is 23.7 Å². The van der Waals surface area contributed by atoms with Crippen LogP contribution in [0.1, 0.15) is 42.3 Å². The lowest BCUT2D eigenvalue weighted by molar-refractivity contribution is 0.132. The van der Waals surface area contributed by atoms with E-state index in [4.69, 9.17) is 19.1 Å². The third-order valence-corrected chi connectivity index (χ3v) is 7.12. The second-order valence-electron chi connectivity index (χ2n) is 9.45. The van der Waals surface area contributed by atoms with Gasteiger partial charge in [0, 0.05) is 37.2 Å². The molecule has 0 saturated carbocycles. The number of likely N-dealkylation sites (N-methyl/N-ethyl adjacent to an activating group) is 1. The van der Waals surface area contributed by atoms with Crippen molar-refractivity contribution < 1.29 is 9.15 Å². The molecule has 1 saturated heterocycles. The molecule has 0 spiro atoms. The number of halogens is 1. The zero-order valence-electron chi connectivity index (χ0n) is 20.4. The van der Waals surface area contributed by atoms with Gasteiger partial charge in [0.15, 0.2) is 5.58 Å². The van der Waals surface area contributed by atoms with Crippen LogP contribution in [0, 0.1) is 25.2 Å². The van der Waals surface area contributed by atoms with E-state index < -0.39 is 5.41 Å². The van der Waals surface area contributed by atoms with Crippen LogP contribution in [0.5, 0.6) is 0 Å². The van der Waals surface area contributed by atoms with Gasteiger partial charge in [0.05, 0.1) is 34.0 Å². The number of oxazole rings is 1. The molecule has 1 fully saturated rings. The van der Waals surface area contributed by atoms with Crippen molar-refractivity contribution in [2.24, 2.45) is 0 Å². The van der Waals surface area contributed by atoms with Crippen LogP contribution < -0.4 is 4.90 Å². The van der Waals surface area contributed by atoms with E-state index in [-0.39, 0.29) is 12.4 Å². The minimum absolute atomic E-state index is 0. The van der Waals surface area contributed by atoms with Crippen molar-refractivity contribution in [2.45, 2.75) is 45.6 Å². The fourth-order valence-electron chi connectivity index (χ4n) is 4.55. The van der Waals surface area contributed by atoms with Gasteiger partial charge in [-0.3, -0.25) is 0 Å². The van der Waals surface area contributed by atoms with Gasteiger partial charge in [-0.15, -0.1) is 23.7 Å². The van der Waals surface area contributed by atoms with Gasteiger partial charge in [-0.05, 0) is 53.8 Å². The van der Waals surface area contributed by atoms with Crippen molar-refractivity contribution in [1.82, 2.24) is 14.9 Å². The van der Waals surface area contributed by atoms with E-state index in [0.29, 0.717) is 35.2 Å². The molecule has 1 atom stereocenters. The molecule has 3 heterocycles. The number of hydrogen-bond acceptors (Lipinski definition) is 8. The molecule has 0 bridgehead atoms. The highest BCUT2D eigenvalue weighted by Crippen LogP contribution is 2.45. The Bertz CT molecular complexity index is 1190. The molecule has 1 aliphatic rings. The summed E-state index contributed by atoms with van der Waals surface area (Å²) >= 11 is 1.62. The summed E-state index contributed by atoms with van der Waals surface area (Å²) in [5, 5.41) is 13.2. The van der Waals surface area contributed by atoms with E-state index in [1.54, 1.807) is 18.4 Å². The minimum Gasteiger partial charge on any atom is -0.438 e. The molecule has 0 radical (unpaired) electrons. The van der Waals surface area contributed by atoms with Crippen molar-refractivity contribution in [2.75, 3.05) is 45.8 Å². The number of rotatable bonds is 6. The van der Waals surface area contributed by atoms with Crippen molar-refractivity contribution in [3.63, 3.8) is 0 Å². The summed E-state index contributed by atoms with van der Waals surface area (Å²) in [6.45, 7) is 10.4. The highest BCUT2D eigenvalue weighted by Gasteiger charge is 2.34. The zero-order chi connectivity index (χ0) is 23.2. The molecular formula is C24H32ClN5O2S. The van der Waals surface area contributed by atoms with Gasteiger partial charge >= 0.3 is 0 Å². The lowest BCUT2D eigenvalue weighted by Crippen LogP contribution is -2.31. The zero-order valence-corrected chi connectivity index (χ0v) is 22.0. The van der Waals surface area contributed by atoms with Gasteiger partial charge in [-0.25, -0.2) is 9.97 Å². The number of ether oxygens (including phenoxy) is 1. The maximum Gasteiger partial charge on any atom is 0.203 e. The number of thiazole rings is 1. The molecule has 4 rings (SSSR count). The number of anilines is 1. The molecule has 0 unspecified atom stereocenters. The topological polar surface area (TPSA) is 78.4 Å². The monoisotopic (exact) mass is 489 g/mol. The first-order valence-electron chi connectivity index (χ1n) is 10.9. The summed E-state index contributed by atoms with van der Waals surface area (Å²) in [6, 6.07) is 2.85. The molecule has 3 aromatic rings. The number of fused-ring (bicyclic) bond motifs is 1. The predicted octanol–water partition coefficient (Wildman–Crippen LogP) is 4.93. The molecule has 1 aromatic carbocycles. The lowest BCUT2D eigenvalue weighted by atomic mass is 9.95. The van der Waals surface area contributed by atoms with Crippen LogP contribution in [-0.2, 0) is 10.2 Å². The normalized spacial score (nSPS) is 16.5. The van der Waals surface area contributed by atoms with E-state index in [1.165, 1.54) is 0 Å². The summed E-state index contributed by atoms with van der Waals surface area (Å²) in [6.07, 6.45) is 1.07. The Morgan fingerprint density at radius 1 is 1.33 bits per heavy atom. The summed E-state index contributed by atoms with van der Waals surface area (Å²) in [5.41, 5.74) is 5.20. The Morgan fingerprint density at radius 2 is 2.06 bits per heavy atom. The van der Waals surface area contributed by atoms with Crippen molar-refractivity contribution >= 4 is 40.5 Å². The number of hydrogen-bond donors (Lipinski definition) is 0. The SMILES string of the molecule is COCC(C)(C)c1nc2c(C#N)c(C)c(-c3csc(C)n3)c(N3CC[C@H](N(C)C)C3)c2o1.Cl. The van der Waals surface area contributed by atoms with Gasteiger partial charge in [-0.1, -0.05) is 0 Å². The Labute approximate surface area is 205 Å². The van der Waals surface area contributed by atoms with Gasteiger partial charge in [-0.2, -0.15) is 5.26 Å². The van der Waals surface area contributed by atoms with E-state index in [9.17, 15) is 5.26 Å². The molecule has 0 N–H and O–H groups in total. The quantitative estimate of drug-likeness (QED) is 0.486. The van der Waals surface area contributed by atoms with E-state index in [2.05, 4.69) is 35.3 Å². The van der Waals surface area contributed by atoms with Gasteiger partial charge < -0.3 is 19.0 Å². The summed E-state index contributed by atoms with van der Waals surface area (Å²) < 4.78 is 11.9. The maximum absolute atomic E-state index is 10.1. The summed E-state index contributed by atoms with van der Waals surface area (Å²) in [7, 11) is 5.92. The van der Waals surface area contributed by atoms with Gasteiger partial charge in [0.25, 0.3) is 0 Å². The lowest BCUT2D eigenvalue weighted by Gasteiger charge is -2.25. The number of benzene rings is 1. The van der Waals surface area contributed by atoms with E-state index in [0.717, 1.165) is 47.0 Å². The largest absolute Gasteiger partial charge is 0.438 e. The first-order valence-corrected chi connectivity index (χ1v) is 11.8. The van der Waals surface area contributed by atoms with Gasteiger partial charge in [0.1, 0.15) is 11.6 Å². The van der Waals surface area contributed by atoms with Crippen LogP contribution in [0.4, 0.5) is 5.69 Å². The molecule has 7 nitrogen and oxygen atoms in total. The molecule has 33 heavy (non-hydrogen) atoms. The Morgan fingerprint density at radius 3 is 2.61 bits per heavy atom. The van der Waals surface area contributed by atoms with Crippen molar-refractivity contribution in [3.8, 4) is 17.3 Å². The van der Waals surface area contributed by atoms with Crippen LogP contribution in [-0.4, -0.2) is 61.8 Å². The van der Waals surface area contributed by atoms with E-state index in [1.807, 2.05) is 27.7 Å². The second-order valence-corrected chi connectivity index (χ2v) is 10.5. The molecule has 0 aliphatic carbocycles. The third-order valence-electron chi connectivity index (χ3n) is 6.35. The first-order chi connectivity index (χ1) is 15.2. The maximum atomic E-state index is 10.1. The molecule has 2 aromatic heterocycles. The molecule has 0 amide bonds. The number of aryl methyl sites for hydroxylation is 1. The van der Waals surface area contributed by atoms with Crippen LogP contribution in [0.15, 0.2) is 9.80 Å². The third kappa shape index (κ3) is 4.47. The highest BCUT2D eigenvalue weighted by atomic mass is 35.5. The van der Waals surface area contributed by atoms with Crippen molar-refractivity contribution in [3.05, 3.63) is 27.4 Å². The Hall–Kier alpha value is -2.18. The second kappa shape index (κ2) is 9.59. The van der Waals surface area contributed by atoms with Crippen LogP contribution in [0.3, 0.4) is 0 Å². The van der Waals surface area contributed by atoms with Gasteiger partial charge in [0.2, 0.25) is 5.89 Å². The van der Waals surface area contributed by atoms with Crippen molar-refractivity contribution in [1.29, 1.82) is 5.26 Å². The summed E-state index contributed by atoms with van der Waals surface area (Å²) in [4.78, 5) is 14.3. The molecule has 9 heteroatoms. The fourth-order valence-corrected chi connectivity index (χ4v) is 5.16. The van der Waals surface area contributed by atoms with E-state index >= 15 is 0 Å².